The van der Waals surface area contributed by atoms with Crippen molar-refractivity contribution in [2.45, 2.75) is 19.9 Å². The van der Waals surface area contributed by atoms with Gasteiger partial charge in [-0.05, 0) is 19.9 Å². The van der Waals surface area contributed by atoms with Crippen molar-refractivity contribution in [1.82, 2.24) is 15.3 Å². The normalized spacial score (nSPS) is 12.2. The van der Waals surface area contributed by atoms with Crippen molar-refractivity contribution in [3.05, 3.63) is 48.2 Å². The van der Waals surface area contributed by atoms with Gasteiger partial charge in [-0.1, -0.05) is 6.58 Å². The maximum Gasteiger partial charge on any atom is 0.152 e. The molecular weight excluding hydrogens is 278 g/mol. The standard InChI is InChI=1S/C16H19N5O/c1-10(2)21-11(3)18-7-13(5-17)12-4-15-14(9-22)8-20-16(15)19-6-12/h4-10,21H,3,17H2,1-2H3,(H,19,20)/b13-5+,18-7-. The van der Waals surface area contributed by atoms with Crippen molar-refractivity contribution in [3.8, 4) is 0 Å². The van der Waals surface area contributed by atoms with Gasteiger partial charge in [-0.3, -0.25) is 4.79 Å². The number of carbonyl (C=O) groups is 1. The molecule has 4 N–H and O–H groups in total. The lowest BCUT2D eigenvalue weighted by Crippen LogP contribution is -2.20. The van der Waals surface area contributed by atoms with Gasteiger partial charge in [0.25, 0.3) is 0 Å². The Bertz CT molecular complexity index is 755. The van der Waals surface area contributed by atoms with Crippen LogP contribution in [0.1, 0.15) is 29.8 Å². The number of allylic oxidation sites excluding steroid dienone is 1. The first-order valence-electron chi connectivity index (χ1n) is 6.89. The summed E-state index contributed by atoms with van der Waals surface area (Å²) in [5.74, 6) is 0.554. The molecular formula is C16H19N5O. The number of pyridine rings is 1. The molecule has 6 heteroatoms. The highest BCUT2D eigenvalue weighted by Crippen LogP contribution is 2.20. The SMILES string of the molecule is C=C(/N=C\C(=C/N)c1cnc2[nH]cc(C=O)c2c1)NC(C)C. The monoisotopic (exact) mass is 297 g/mol. The third kappa shape index (κ3) is 3.41. The minimum Gasteiger partial charge on any atom is -0.404 e. The molecule has 22 heavy (non-hydrogen) atoms. The molecule has 0 amide bonds. The van der Waals surface area contributed by atoms with Crippen molar-refractivity contribution < 1.29 is 4.79 Å². The molecule has 2 aromatic rings. The van der Waals surface area contributed by atoms with Gasteiger partial charge in [0.1, 0.15) is 11.5 Å². The number of aliphatic imine (C=N–C) groups is 1. The van der Waals surface area contributed by atoms with Crippen LogP contribution in [0.25, 0.3) is 16.6 Å². The van der Waals surface area contributed by atoms with E-state index in [0.717, 1.165) is 17.2 Å². The largest absolute Gasteiger partial charge is 0.404 e. The Balaban J connectivity index is 2.30. The molecule has 0 radical (unpaired) electrons. The zero-order valence-corrected chi connectivity index (χ0v) is 12.6. The first-order chi connectivity index (χ1) is 10.5. The van der Waals surface area contributed by atoms with Crippen molar-refractivity contribution in [2.75, 3.05) is 0 Å². The van der Waals surface area contributed by atoms with Crippen molar-refractivity contribution >= 4 is 29.1 Å². The average molecular weight is 297 g/mol. The number of nitrogens with two attached hydrogens (primary N) is 1. The van der Waals surface area contributed by atoms with E-state index in [1.165, 1.54) is 6.20 Å². The van der Waals surface area contributed by atoms with Crippen molar-refractivity contribution in [3.63, 3.8) is 0 Å². The van der Waals surface area contributed by atoms with E-state index in [9.17, 15) is 4.79 Å². The van der Waals surface area contributed by atoms with E-state index in [-0.39, 0.29) is 6.04 Å². The van der Waals surface area contributed by atoms with Gasteiger partial charge >= 0.3 is 0 Å². The molecule has 0 aliphatic rings. The van der Waals surface area contributed by atoms with Crippen LogP contribution in [-0.2, 0) is 0 Å². The smallest absolute Gasteiger partial charge is 0.152 e. The molecule has 0 atom stereocenters. The Morgan fingerprint density at radius 3 is 2.95 bits per heavy atom. The number of hydrogen-bond donors (Lipinski definition) is 3. The Hall–Kier alpha value is -2.89. The number of aldehydes is 1. The highest BCUT2D eigenvalue weighted by Gasteiger charge is 2.07. The minimum atomic E-state index is 0.253. The Kier molecular flexibility index (Phi) is 4.73. The van der Waals surface area contributed by atoms with Crippen LogP contribution in [0.15, 0.2) is 42.1 Å². The lowest BCUT2D eigenvalue weighted by molar-refractivity contribution is 0.112. The second kappa shape index (κ2) is 6.71. The molecule has 0 aliphatic heterocycles. The third-order valence-electron chi connectivity index (χ3n) is 3.02. The molecule has 2 heterocycles. The maximum absolute atomic E-state index is 11.0. The molecule has 0 bridgehead atoms. The first kappa shape index (κ1) is 15.5. The van der Waals surface area contributed by atoms with Crippen molar-refractivity contribution in [1.29, 1.82) is 0 Å². The van der Waals surface area contributed by atoms with E-state index in [2.05, 4.69) is 26.9 Å². The molecule has 0 unspecified atom stereocenters. The Morgan fingerprint density at radius 2 is 2.32 bits per heavy atom. The average Bonchev–Trinajstić information content (AvgIpc) is 2.89. The van der Waals surface area contributed by atoms with E-state index >= 15 is 0 Å². The summed E-state index contributed by atoms with van der Waals surface area (Å²) in [4.78, 5) is 22.5. The number of nitrogens with zero attached hydrogens (tertiary/aromatic N) is 2. The maximum atomic E-state index is 11.0. The Labute approximate surface area is 128 Å². The molecule has 114 valence electrons. The van der Waals surface area contributed by atoms with E-state index in [1.807, 2.05) is 19.9 Å². The number of fused-ring (bicyclic) bond motifs is 1. The van der Waals surface area contributed by atoms with E-state index < -0.39 is 0 Å². The fraction of sp³-hybridized carbons (Fsp3) is 0.188. The van der Waals surface area contributed by atoms with Gasteiger partial charge in [0, 0.05) is 52.9 Å². The first-order valence-corrected chi connectivity index (χ1v) is 6.89. The summed E-state index contributed by atoms with van der Waals surface area (Å²) in [6, 6.07) is 2.11. The second-order valence-corrected chi connectivity index (χ2v) is 5.11. The summed E-state index contributed by atoms with van der Waals surface area (Å²) in [6.45, 7) is 7.83. The molecule has 0 saturated heterocycles. The van der Waals surface area contributed by atoms with Crippen LogP contribution in [0.3, 0.4) is 0 Å². The quantitative estimate of drug-likeness (QED) is 0.562. The fourth-order valence-corrected chi connectivity index (χ4v) is 2.01. The predicted octanol–water partition coefficient (Wildman–Crippen LogP) is 2.21. The van der Waals surface area contributed by atoms with Gasteiger partial charge < -0.3 is 16.0 Å². The Morgan fingerprint density at radius 1 is 1.55 bits per heavy atom. The molecule has 0 fully saturated rings. The summed E-state index contributed by atoms with van der Waals surface area (Å²) >= 11 is 0. The van der Waals surface area contributed by atoms with Gasteiger partial charge in [-0.2, -0.15) is 0 Å². The molecule has 2 rings (SSSR count). The molecule has 0 aliphatic carbocycles. The minimum absolute atomic E-state index is 0.253. The van der Waals surface area contributed by atoms with Crippen LogP contribution >= 0.6 is 0 Å². The third-order valence-corrected chi connectivity index (χ3v) is 3.02. The summed E-state index contributed by atoms with van der Waals surface area (Å²) in [5.41, 5.74) is 8.36. The number of rotatable bonds is 6. The molecule has 0 aromatic carbocycles. The van der Waals surface area contributed by atoms with Crippen LogP contribution in [-0.4, -0.2) is 28.5 Å². The highest BCUT2D eigenvalue weighted by molar-refractivity contribution is 6.11. The molecule has 6 nitrogen and oxygen atoms in total. The van der Waals surface area contributed by atoms with Crippen molar-refractivity contribution in [2.24, 2.45) is 10.7 Å². The zero-order valence-electron chi connectivity index (χ0n) is 12.6. The van der Waals surface area contributed by atoms with E-state index in [4.69, 9.17) is 5.73 Å². The second-order valence-electron chi connectivity index (χ2n) is 5.11. The molecule has 2 aromatic heterocycles. The van der Waals surface area contributed by atoms with Crippen LogP contribution in [0.5, 0.6) is 0 Å². The van der Waals surface area contributed by atoms with Gasteiger partial charge in [-0.15, -0.1) is 0 Å². The van der Waals surface area contributed by atoms with Gasteiger partial charge in [0.15, 0.2) is 6.29 Å². The predicted molar refractivity (Wildman–Crippen MR) is 89.5 cm³/mol. The van der Waals surface area contributed by atoms with Crippen LogP contribution < -0.4 is 11.1 Å². The van der Waals surface area contributed by atoms with E-state index in [0.29, 0.717) is 22.6 Å². The van der Waals surface area contributed by atoms with Gasteiger partial charge in [-0.25, -0.2) is 9.98 Å². The van der Waals surface area contributed by atoms with E-state index in [1.54, 1.807) is 18.6 Å². The number of nitrogens with one attached hydrogen (secondary N) is 2. The number of carbonyl (C=O) groups excluding carboxylic acids is 1. The van der Waals surface area contributed by atoms with Gasteiger partial charge in [0.05, 0.1) is 0 Å². The lowest BCUT2D eigenvalue weighted by atomic mass is 10.1. The topological polar surface area (TPSA) is 96.2 Å². The summed E-state index contributed by atoms with van der Waals surface area (Å²) in [6.07, 6.45) is 7.16. The highest BCUT2D eigenvalue weighted by atomic mass is 16.1. The number of aromatic amines is 1. The zero-order chi connectivity index (χ0) is 16.1. The van der Waals surface area contributed by atoms with Gasteiger partial charge in [0.2, 0.25) is 0 Å². The summed E-state index contributed by atoms with van der Waals surface area (Å²) < 4.78 is 0. The number of aromatic nitrogens is 2. The summed E-state index contributed by atoms with van der Waals surface area (Å²) in [7, 11) is 0. The number of hydrogen-bond acceptors (Lipinski definition) is 5. The lowest BCUT2D eigenvalue weighted by Gasteiger charge is -2.08. The van der Waals surface area contributed by atoms with Crippen LogP contribution in [0, 0.1) is 0 Å². The number of H-pyrrole nitrogens is 1. The summed E-state index contributed by atoms with van der Waals surface area (Å²) in [5, 5.41) is 3.84. The van der Waals surface area contributed by atoms with Crippen LogP contribution in [0.2, 0.25) is 0 Å². The van der Waals surface area contributed by atoms with Crippen LogP contribution in [0.4, 0.5) is 0 Å². The molecule has 0 saturated carbocycles. The fourth-order valence-electron chi connectivity index (χ4n) is 2.01. The molecule has 0 spiro atoms.